The largest absolute Gasteiger partial charge is 0.491 e. The van der Waals surface area contributed by atoms with E-state index in [1.807, 2.05) is 25.1 Å². The molecule has 3 rings (SSSR count). The van der Waals surface area contributed by atoms with Crippen molar-refractivity contribution in [1.29, 1.82) is 0 Å². The van der Waals surface area contributed by atoms with Crippen molar-refractivity contribution in [1.82, 2.24) is 0 Å². The van der Waals surface area contributed by atoms with Crippen LogP contribution in [0.4, 0.5) is 0 Å². The van der Waals surface area contributed by atoms with E-state index in [1.54, 1.807) is 13.0 Å². The van der Waals surface area contributed by atoms with Gasteiger partial charge in [-0.15, -0.1) is 0 Å². The number of ether oxygens (including phenoxy) is 3. The molecule has 0 bridgehead atoms. The minimum absolute atomic E-state index is 0.166. The first-order valence-electron chi connectivity index (χ1n) is 6.77. The van der Waals surface area contributed by atoms with E-state index in [4.69, 9.17) is 14.2 Å². The second-order valence-electron chi connectivity index (χ2n) is 4.82. The van der Waals surface area contributed by atoms with Crippen molar-refractivity contribution in [3.8, 4) is 0 Å². The van der Waals surface area contributed by atoms with Gasteiger partial charge in [-0.25, -0.2) is 0 Å². The highest BCUT2D eigenvalue weighted by Crippen LogP contribution is 2.58. The van der Waals surface area contributed by atoms with Crippen molar-refractivity contribution in [2.45, 2.75) is 31.8 Å². The zero-order valence-electron chi connectivity index (χ0n) is 11.5. The summed E-state index contributed by atoms with van der Waals surface area (Å²) in [6.45, 7) is 4.55. The first-order valence-corrected chi connectivity index (χ1v) is 6.77. The average molecular weight is 278 g/mol. The average Bonchev–Trinajstić information content (AvgIpc) is 2.47. The van der Waals surface area contributed by atoms with Gasteiger partial charge < -0.3 is 24.4 Å². The number of aliphatic hydroxyl groups is 2. The summed E-state index contributed by atoms with van der Waals surface area (Å²) < 4.78 is 16.4. The van der Waals surface area contributed by atoms with Gasteiger partial charge in [0.1, 0.15) is 0 Å². The summed E-state index contributed by atoms with van der Waals surface area (Å²) in [6.07, 6.45) is 0. The van der Waals surface area contributed by atoms with E-state index in [9.17, 15) is 10.2 Å². The number of hydrogen-bond acceptors (Lipinski definition) is 5. The molecule has 108 valence electrons. The minimum atomic E-state index is -1.87. The molecule has 0 saturated heterocycles. The lowest BCUT2D eigenvalue weighted by atomic mass is 9.69. The Morgan fingerprint density at radius 3 is 2.45 bits per heavy atom. The summed E-state index contributed by atoms with van der Waals surface area (Å²) in [5, 5.41) is 21.7. The highest BCUT2D eigenvalue weighted by molar-refractivity contribution is 5.52. The Balaban J connectivity index is 2.16. The summed E-state index contributed by atoms with van der Waals surface area (Å²) in [5.41, 5.74) is -0.282. The molecule has 1 heterocycles. The Hall–Kier alpha value is -1.56. The molecule has 0 amide bonds. The summed E-state index contributed by atoms with van der Waals surface area (Å²) in [4.78, 5) is 0. The van der Waals surface area contributed by atoms with Gasteiger partial charge in [-0.2, -0.15) is 0 Å². The molecule has 0 saturated carbocycles. The van der Waals surface area contributed by atoms with Crippen LogP contribution in [0.15, 0.2) is 35.8 Å². The van der Waals surface area contributed by atoms with Gasteiger partial charge in [0, 0.05) is 5.56 Å². The molecule has 1 aliphatic heterocycles. The lowest BCUT2D eigenvalue weighted by Crippen LogP contribution is -2.67. The van der Waals surface area contributed by atoms with Crippen molar-refractivity contribution < 1.29 is 24.4 Å². The Labute approximate surface area is 117 Å². The third kappa shape index (κ3) is 1.43. The quantitative estimate of drug-likeness (QED) is 0.871. The van der Waals surface area contributed by atoms with Crippen LogP contribution < -0.4 is 0 Å². The fraction of sp³-hybridized carbons (Fsp3) is 0.467. The number of rotatable bonds is 4. The van der Waals surface area contributed by atoms with Crippen LogP contribution in [-0.2, 0) is 26.4 Å². The van der Waals surface area contributed by atoms with Gasteiger partial charge in [-0.3, -0.25) is 0 Å². The van der Waals surface area contributed by atoms with Crippen LogP contribution >= 0.6 is 0 Å². The smallest absolute Gasteiger partial charge is 0.271 e. The van der Waals surface area contributed by atoms with E-state index in [1.165, 1.54) is 0 Å². The molecule has 20 heavy (non-hydrogen) atoms. The lowest BCUT2D eigenvalue weighted by Gasteiger charge is -2.54. The van der Waals surface area contributed by atoms with Gasteiger partial charge in [0.25, 0.3) is 5.79 Å². The molecule has 0 fully saturated rings. The molecule has 0 radical (unpaired) electrons. The van der Waals surface area contributed by atoms with Crippen molar-refractivity contribution in [2.75, 3.05) is 13.2 Å². The van der Waals surface area contributed by atoms with Crippen molar-refractivity contribution in [2.24, 2.45) is 0 Å². The SMILES string of the molecule is CCOC1=C(OCC)[C@@]2(O)c3ccccc3CO[C@@]12O. The lowest BCUT2D eigenvalue weighted by molar-refractivity contribution is -0.340. The van der Waals surface area contributed by atoms with Crippen LogP contribution in [0.1, 0.15) is 25.0 Å². The standard InChI is InChI=1S/C15H18O5/c1-3-18-12-13(19-4-2)15(17)14(12,16)11-8-6-5-7-10(11)9-20-15/h5-8,16-17H,3-4,9H2,1-2H3/t14-,15-/m0/s1. The minimum Gasteiger partial charge on any atom is -0.491 e. The second kappa shape index (κ2) is 4.48. The van der Waals surface area contributed by atoms with E-state index in [-0.39, 0.29) is 18.1 Å². The Morgan fingerprint density at radius 2 is 1.75 bits per heavy atom. The van der Waals surface area contributed by atoms with Crippen LogP contribution in [0, 0.1) is 0 Å². The topological polar surface area (TPSA) is 68.2 Å². The molecule has 5 nitrogen and oxygen atoms in total. The van der Waals surface area contributed by atoms with E-state index >= 15 is 0 Å². The Bertz CT molecular complexity index is 567. The third-order valence-corrected chi connectivity index (χ3v) is 3.75. The third-order valence-electron chi connectivity index (χ3n) is 3.75. The molecule has 1 aromatic rings. The maximum atomic E-state index is 11.0. The molecular formula is C15H18O5. The molecular weight excluding hydrogens is 260 g/mol. The van der Waals surface area contributed by atoms with Crippen LogP contribution in [0.25, 0.3) is 0 Å². The van der Waals surface area contributed by atoms with E-state index in [0.717, 1.165) is 5.56 Å². The summed E-state index contributed by atoms with van der Waals surface area (Å²) >= 11 is 0. The maximum absolute atomic E-state index is 11.0. The first kappa shape index (κ1) is 13.4. The number of hydrogen-bond donors (Lipinski definition) is 2. The van der Waals surface area contributed by atoms with Crippen LogP contribution in [0.2, 0.25) is 0 Å². The molecule has 2 atom stereocenters. The normalized spacial score (nSPS) is 31.2. The first-order chi connectivity index (χ1) is 9.59. The van der Waals surface area contributed by atoms with Crippen LogP contribution in [0.5, 0.6) is 0 Å². The van der Waals surface area contributed by atoms with Gasteiger partial charge in [-0.05, 0) is 19.4 Å². The molecule has 0 aromatic heterocycles. The Kier molecular flexibility index (Phi) is 3.01. The number of fused-ring (bicyclic) bond motifs is 3. The molecule has 0 unspecified atom stereocenters. The molecule has 0 spiro atoms. The van der Waals surface area contributed by atoms with E-state index in [0.29, 0.717) is 18.8 Å². The zero-order valence-corrected chi connectivity index (χ0v) is 11.5. The second-order valence-corrected chi connectivity index (χ2v) is 4.82. The van der Waals surface area contributed by atoms with Gasteiger partial charge in [0.2, 0.25) is 11.4 Å². The van der Waals surface area contributed by atoms with Crippen LogP contribution in [-0.4, -0.2) is 29.2 Å². The zero-order chi connectivity index (χ0) is 14.4. The van der Waals surface area contributed by atoms with Gasteiger partial charge >= 0.3 is 0 Å². The molecule has 1 aromatic carbocycles. The number of benzene rings is 1. The predicted molar refractivity (Wildman–Crippen MR) is 70.4 cm³/mol. The van der Waals surface area contributed by atoms with E-state index < -0.39 is 11.4 Å². The van der Waals surface area contributed by atoms with Crippen molar-refractivity contribution in [3.63, 3.8) is 0 Å². The molecule has 2 N–H and O–H groups in total. The fourth-order valence-corrected chi connectivity index (χ4v) is 2.85. The highest BCUT2D eigenvalue weighted by atomic mass is 16.7. The van der Waals surface area contributed by atoms with Crippen molar-refractivity contribution >= 4 is 0 Å². The van der Waals surface area contributed by atoms with Gasteiger partial charge in [0.05, 0.1) is 19.8 Å². The monoisotopic (exact) mass is 278 g/mol. The highest BCUT2D eigenvalue weighted by Gasteiger charge is 2.72. The molecule has 1 aliphatic carbocycles. The predicted octanol–water partition coefficient (Wildman–Crippen LogP) is 1.39. The van der Waals surface area contributed by atoms with Crippen molar-refractivity contribution in [3.05, 3.63) is 46.9 Å². The maximum Gasteiger partial charge on any atom is 0.271 e. The summed E-state index contributed by atoms with van der Waals surface area (Å²) in [7, 11) is 0. The molecule has 2 aliphatic rings. The van der Waals surface area contributed by atoms with Gasteiger partial charge in [0.15, 0.2) is 5.76 Å². The van der Waals surface area contributed by atoms with Gasteiger partial charge in [-0.1, -0.05) is 24.3 Å². The Morgan fingerprint density at radius 1 is 1.10 bits per heavy atom. The summed E-state index contributed by atoms with van der Waals surface area (Å²) in [5.74, 6) is -1.47. The molecule has 5 heteroatoms. The fourth-order valence-electron chi connectivity index (χ4n) is 2.85. The van der Waals surface area contributed by atoms with E-state index in [2.05, 4.69) is 0 Å². The van der Waals surface area contributed by atoms with Crippen LogP contribution in [0.3, 0.4) is 0 Å². The summed E-state index contributed by atoms with van der Waals surface area (Å²) in [6, 6.07) is 7.30.